The Morgan fingerprint density at radius 2 is 2.15 bits per heavy atom. The van der Waals surface area contributed by atoms with Gasteiger partial charge in [0.05, 0.1) is 0 Å². The Bertz CT molecular complexity index is 754. The lowest BCUT2D eigenvalue weighted by Gasteiger charge is -2.13. The van der Waals surface area contributed by atoms with Crippen molar-refractivity contribution in [3.8, 4) is 0 Å². The topological polar surface area (TPSA) is 64.1 Å². The van der Waals surface area contributed by atoms with Crippen LogP contribution < -0.4 is 11.3 Å². The highest BCUT2D eigenvalue weighted by atomic mass is 79.9. The van der Waals surface area contributed by atoms with E-state index < -0.39 is 0 Å². The van der Waals surface area contributed by atoms with Gasteiger partial charge in [0.2, 0.25) is 0 Å². The van der Waals surface area contributed by atoms with Crippen LogP contribution >= 0.6 is 15.9 Å². The van der Waals surface area contributed by atoms with E-state index in [1.807, 2.05) is 37.3 Å². The van der Waals surface area contributed by atoms with Crippen LogP contribution in [0.4, 0.5) is 0 Å². The molecule has 2 heterocycles. The number of aryl methyl sites for hydroxylation is 1. The first-order chi connectivity index (χ1) is 9.69. The van der Waals surface area contributed by atoms with Crippen LogP contribution in [0.2, 0.25) is 0 Å². The molecular formula is C15H14BrN3O. The number of pyridine rings is 1. The van der Waals surface area contributed by atoms with Gasteiger partial charge in [0.15, 0.2) is 0 Å². The highest BCUT2D eigenvalue weighted by Crippen LogP contribution is 2.30. The summed E-state index contributed by atoms with van der Waals surface area (Å²) in [4.78, 5) is 4.17. The summed E-state index contributed by atoms with van der Waals surface area (Å²) in [7, 11) is 0. The lowest BCUT2D eigenvalue weighted by Crippen LogP contribution is -2.28. The van der Waals surface area contributed by atoms with E-state index in [1.54, 1.807) is 12.4 Å². The first kappa shape index (κ1) is 13.3. The molecule has 0 amide bonds. The lowest BCUT2D eigenvalue weighted by molar-refractivity contribution is 0.475. The van der Waals surface area contributed by atoms with E-state index in [9.17, 15) is 0 Å². The predicted octanol–water partition coefficient (Wildman–Crippen LogP) is 3.45. The number of hydrogen-bond donors (Lipinski definition) is 2. The molecule has 0 spiro atoms. The summed E-state index contributed by atoms with van der Waals surface area (Å²) in [6.45, 7) is 2.03. The zero-order valence-corrected chi connectivity index (χ0v) is 12.5. The first-order valence-electron chi connectivity index (χ1n) is 6.24. The number of benzene rings is 1. The molecule has 20 heavy (non-hydrogen) atoms. The molecule has 3 N–H and O–H groups in total. The van der Waals surface area contributed by atoms with Crippen molar-refractivity contribution in [1.29, 1.82) is 0 Å². The Labute approximate surface area is 125 Å². The van der Waals surface area contributed by atoms with E-state index in [0.717, 1.165) is 32.3 Å². The van der Waals surface area contributed by atoms with Gasteiger partial charge >= 0.3 is 0 Å². The number of hydrazine groups is 1. The number of rotatable bonds is 3. The maximum absolute atomic E-state index is 5.96. The zero-order chi connectivity index (χ0) is 14.1. The van der Waals surface area contributed by atoms with E-state index >= 15 is 0 Å². The number of furan rings is 1. The second kappa shape index (κ2) is 5.36. The number of fused-ring (bicyclic) bond motifs is 1. The van der Waals surface area contributed by atoms with Crippen LogP contribution in [0.1, 0.15) is 22.9 Å². The summed E-state index contributed by atoms with van der Waals surface area (Å²) in [6.07, 6.45) is 3.51. The van der Waals surface area contributed by atoms with E-state index in [2.05, 4.69) is 26.3 Å². The normalized spacial score (nSPS) is 12.8. The van der Waals surface area contributed by atoms with Crippen molar-refractivity contribution in [2.45, 2.75) is 13.0 Å². The largest absolute Gasteiger partial charge is 0.459 e. The first-order valence-corrected chi connectivity index (χ1v) is 7.04. The third-order valence-corrected chi connectivity index (χ3v) is 3.70. The van der Waals surface area contributed by atoms with Crippen molar-refractivity contribution in [1.82, 2.24) is 10.4 Å². The molecule has 0 radical (unpaired) electrons. The van der Waals surface area contributed by atoms with Crippen LogP contribution in [0.25, 0.3) is 11.0 Å². The highest BCUT2D eigenvalue weighted by molar-refractivity contribution is 9.10. The monoisotopic (exact) mass is 331 g/mol. The molecule has 5 heteroatoms. The van der Waals surface area contributed by atoms with Crippen molar-refractivity contribution < 1.29 is 4.42 Å². The molecule has 0 aliphatic heterocycles. The SMILES string of the molecule is Cc1cccc2cc(C(NN)c3cncc(Br)c3)oc12. The Morgan fingerprint density at radius 1 is 1.30 bits per heavy atom. The van der Waals surface area contributed by atoms with Gasteiger partial charge < -0.3 is 4.42 Å². The third-order valence-electron chi connectivity index (χ3n) is 3.27. The molecular weight excluding hydrogens is 318 g/mol. The van der Waals surface area contributed by atoms with Crippen molar-refractivity contribution in [3.05, 3.63) is 64.1 Å². The molecule has 1 aromatic carbocycles. The van der Waals surface area contributed by atoms with Gasteiger partial charge in [-0.15, -0.1) is 0 Å². The lowest BCUT2D eigenvalue weighted by atomic mass is 10.1. The zero-order valence-electron chi connectivity index (χ0n) is 10.9. The van der Waals surface area contributed by atoms with Crippen molar-refractivity contribution >= 4 is 26.9 Å². The predicted molar refractivity (Wildman–Crippen MR) is 82.1 cm³/mol. The second-order valence-corrected chi connectivity index (χ2v) is 5.59. The quantitative estimate of drug-likeness (QED) is 0.570. The van der Waals surface area contributed by atoms with Crippen LogP contribution in [0.3, 0.4) is 0 Å². The van der Waals surface area contributed by atoms with Gasteiger partial charge in [0.1, 0.15) is 17.4 Å². The molecule has 1 atom stereocenters. The van der Waals surface area contributed by atoms with Gasteiger partial charge in [0.25, 0.3) is 0 Å². The molecule has 0 saturated heterocycles. The van der Waals surface area contributed by atoms with Crippen LogP contribution in [0, 0.1) is 6.92 Å². The average molecular weight is 332 g/mol. The number of halogens is 1. The molecule has 1 unspecified atom stereocenters. The Balaban J connectivity index is 2.09. The number of nitrogens with two attached hydrogens (primary N) is 1. The molecule has 0 aliphatic rings. The Kier molecular flexibility index (Phi) is 3.56. The third kappa shape index (κ3) is 2.35. The second-order valence-electron chi connectivity index (χ2n) is 4.68. The van der Waals surface area contributed by atoms with Gasteiger partial charge in [-0.3, -0.25) is 10.8 Å². The van der Waals surface area contributed by atoms with Crippen LogP contribution in [0.15, 0.2) is 51.6 Å². The number of hydrogen-bond acceptors (Lipinski definition) is 4. The van der Waals surface area contributed by atoms with Gasteiger partial charge in [-0.1, -0.05) is 18.2 Å². The highest BCUT2D eigenvalue weighted by Gasteiger charge is 2.18. The number of nitrogens with zero attached hydrogens (tertiary/aromatic N) is 1. The molecule has 3 rings (SSSR count). The Morgan fingerprint density at radius 3 is 2.85 bits per heavy atom. The summed E-state index contributed by atoms with van der Waals surface area (Å²) in [5.74, 6) is 6.47. The fourth-order valence-corrected chi connectivity index (χ4v) is 2.68. The standard InChI is InChI=1S/C15H14BrN3O/c1-9-3-2-4-10-6-13(20-15(9)10)14(19-17)11-5-12(16)8-18-7-11/h2-8,14,19H,17H2,1H3. The van der Waals surface area contributed by atoms with E-state index in [4.69, 9.17) is 10.3 Å². The smallest absolute Gasteiger partial charge is 0.137 e. The molecule has 2 aromatic heterocycles. The van der Waals surface area contributed by atoms with Crippen LogP contribution in [-0.4, -0.2) is 4.98 Å². The average Bonchev–Trinajstić information content (AvgIpc) is 2.85. The van der Waals surface area contributed by atoms with Gasteiger partial charge in [-0.25, -0.2) is 5.43 Å². The number of aromatic nitrogens is 1. The van der Waals surface area contributed by atoms with Crippen molar-refractivity contribution in [3.63, 3.8) is 0 Å². The van der Waals surface area contributed by atoms with Gasteiger partial charge in [0, 0.05) is 22.3 Å². The molecule has 3 aromatic rings. The maximum Gasteiger partial charge on any atom is 0.137 e. The van der Waals surface area contributed by atoms with Crippen molar-refractivity contribution in [2.75, 3.05) is 0 Å². The Hall–Kier alpha value is -1.69. The molecule has 0 aliphatic carbocycles. The summed E-state index contributed by atoms with van der Waals surface area (Å²) in [5.41, 5.74) is 5.73. The molecule has 0 fully saturated rings. The fourth-order valence-electron chi connectivity index (χ4n) is 2.30. The molecule has 4 nitrogen and oxygen atoms in total. The molecule has 102 valence electrons. The summed E-state index contributed by atoms with van der Waals surface area (Å²) < 4.78 is 6.87. The van der Waals surface area contributed by atoms with Crippen LogP contribution in [0.5, 0.6) is 0 Å². The van der Waals surface area contributed by atoms with Gasteiger partial charge in [-0.05, 0) is 46.1 Å². The summed E-state index contributed by atoms with van der Waals surface area (Å²) in [5, 5.41) is 1.07. The molecule has 0 bridgehead atoms. The minimum Gasteiger partial charge on any atom is -0.459 e. The van der Waals surface area contributed by atoms with E-state index in [-0.39, 0.29) is 6.04 Å². The van der Waals surface area contributed by atoms with Crippen molar-refractivity contribution in [2.24, 2.45) is 5.84 Å². The maximum atomic E-state index is 5.96. The molecule has 0 saturated carbocycles. The summed E-state index contributed by atoms with van der Waals surface area (Å²) in [6, 6.07) is 9.82. The fraction of sp³-hybridized carbons (Fsp3) is 0.133. The number of para-hydroxylation sites is 1. The minimum atomic E-state index is -0.230. The van der Waals surface area contributed by atoms with Gasteiger partial charge in [-0.2, -0.15) is 0 Å². The number of nitrogens with one attached hydrogen (secondary N) is 1. The summed E-state index contributed by atoms with van der Waals surface area (Å²) >= 11 is 3.42. The van der Waals surface area contributed by atoms with Crippen LogP contribution in [-0.2, 0) is 0 Å². The van der Waals surface area contributed by atoms with E-state index in [0.29, 0.717) is 0 Å². The van der Waals surface area contributed by atoms with E-state index in [1.165, 1.54) is 0 Å². The minimum absolute atomic E-state index is 0.230.